The van der Waals surface area contributed by atoms with Crippen LogP contribution in [0.5, 0.6) is 0 Å². The number of nitrogens with zero attached hydrogens (tertiary/aromatic N) is 4. The lowest BCUT2D eigenvalue weighted by atomic mass is 9.87. The maximum absolute atomic E-state index is 12.6. The Balaban J connectivity index is 1.39. The summed E-state index contributed by atoms with van der Waals surface area (Å²) in [4.78, 5) is 25.2. The smallest absolute Gasteiger partial charge is 0.255 e. The van der Waals surface area contributed by atoms with Crippen LogP contribution >= 0.6 is 0 Å². The maximum Gasteiger partial charge on any atom is 0.255 e. The molecule has 2 aromatic heterocycles. The topological polar surface area (TPSA) is 58.6 Å². The van der Waals surface area contributed by atoms with Crippen molar-refractivity contribution in [2.24, 2.45) is 0 Å². The summed E-state index contributed by atoms with van der Waals surface area (Å²) in [6.45, 7) is 2.52. The van der Waals surface area contributed by atoms with Crippen LogP contribution in [-0.4, -0.2) is 64.6 Å². The van der Waals surface area contributed by atoms with E-state index in [2.05, 4.69) is 27.0 Å². The molecule has 2 saturated heterocycles. The van der Waals surface area contributed by atoms with Gasteiger partial charge in [-0.2, -0.15) is 0 Å². The fourth-order valence-electron chi connectivity index (χ4n) is 4.12. The van der Waals surface area contributed by atoms with Crippen LogP contribution in [0.2, 0.25) is 0 Å². The average molecular weight is 352 g/mol. The van der Waals surface area contributed by atoms with Crippen LogP contribution in [0.4, 0.5) is 0 Å². The molecular formula is C20H24N4O2. The third-order valence-corrected chi connectivity index (χ3v) is 5.58. The highest BCUT2D eigenvalue weighted by Crippen LogP contribution is 2.39. The second-order valence-electron chi connectivity index (χ2n) is 6.96. The molecule has 2 aliphatic rings. The van der Waals surface area contributed by atoms with Crippen molar-refractivity contribution < 1.29 is 9.53 Å². The Bertz CT molecular complexity index is 732. The third kappa shape index (κ3) is 3.22. The zero-order valence-corrected chi connectivity index (χ0v) is 15.0. The van der Waals surface area contributed by atoms with Gasteiger partial charge in [0.05, 0.1) is 17.7 Å². The number of rotatable bonds is 4. The summed E-state index contributed by atoms with van der Waals surface area (Å²) in [6, 6.07) is 8.56. The highest BCUT2D eigenvalue weighted by Gasteiger charge is 2.44. The van der Waals surface area contributed by atoms with Crippen molar-refractivity contribution in [2.75, 3.05) is 26.7 Å². The first-order chi connectivity index (χ1) is 12.8. The molecule has 0 aromatic carbocycles. The lowest BCUT2D eigenvalue weighted by Gasteiger charge is -2.53. The normalized spacial score (nSPS) is 24.3. The van der Waals surface area contributed by atoms with Crippen LogP contribution in [0, 0.1) is 0 Å². The zero-order valence-electron chi connectivity index (χ0n) is 15.0. The molecule has 6 heteroatoms. The molecule has 4 rings (SSSR count). The summed E-state index contributed by atoms with van der Waals surface area (Å²) in [5.41, 5.74) is 1.93. The van der Waals surface area contributed by atoms with Gasteiger partial charge in [0.2, 0.25) is 0 Å². The summed E-state index contributed by atoms with van der Waals surface area (Å²) >= 11 is 0. The van der Waals surface area contributed by atoms with E-state index in [1.54, 1.807) is 19.5 Å². The van der Waals surface area contributed by atoms with Crippen LogP contribution < -0.4 is 0 Å². The van der Waals surface area contributed by atoms with Gasteiger partial charge in [-0.05, 0) is 42.7 Å². The maximum atomic E-state index is 12.6. The molecule has 0 spiro atoms. The van der Waals surface area contributed by atoms with Gasteiger partial charge in [0.15, 0.2) is 0 Å². The van der Waals surface area contributed by atoms with E-state index in [4.69, 9.17) is 4.74 Å². The Morgan fingerprint density at radius 2 is 1.88 bits per heavy atom. The predicted molar refractivity (Wildman–Crippen MR) is 97.6 cm³/mol. The average Bonchev–Trinajstić information content (AvgIpc) is 2.69. The Morgan fingerprint density at radius 1 is 1.12 bits per heavy atom. The van der Waals surface area contributed by atoms with Gasteiger partial charge in [-0.1, -0.05) is 0 Å². The molecule has 4 heterocycles. The fraction of sp³-hybridized carbons (Fsp3) is 0.450. The molecule has 2 aromatic rings. The molecule has 26 heavy (non-hydrogen) atoms. The number of carbonyl (C=O) groups is 1. The number of piperidine rings is 1. The summed E-state index contributed by atoms with van der Waals surface area (Å²) in [7, 11) is 1.78. The lowest BCUT2D eigenvalue weighted by Crippen LogP contribution is -2.60. The zero-order chi connectivity index (χ0) is 17.9. The summed E-state index contributed by atoms with van der Waals surface area (Å²) in [5, 5.41) is 0. The largest absolute Gasteiger partial charge is 0.378 e. The number of aromatic nitrogens is 2. The minimum absolute atomic E-state index is 0.0839. The second kappa shape index (κ2) is 7.51. The number of carbonyl (C=O) groups excluding carboxylic acids is 1. The van der Waals surface area contributed by atoms with E-state index in [1.165, 1.54) is 5.56 Å². The minimum Gasteiger partial charge on any atom is -0.378 e. The molecule has 0 saturated carbocycles. The standard InChI is InChI=1S/C20H24N4O2/c1-26-18-14-24(19(18)15-4-9-21-10-5-15)17-6-11-23(12-7-17)20(25)16-3-2-8-22-13-16/h2-5,8-10,13,17-19H,6-7,11-12,14H2,1H3. The quantitative estimate of drug-likeness (QED) is 0.844. The van der Waals surface area contributed by atoms with Gasteiger partial charge in [-0.3, -0.25) is 19.7 Å². The van der Waals surface area contributed by atoms with E-state index in [9.17, 15) is 4.79 Å². The van der Waals surface area contributed by atoms with E-state index >= 15 is 0 Å². The molecule has 2 atom stereocenters. The van der Waals surface area contributed by atoms with Crippen molar-refractivity contribution in [3.05, 3.63) is 60.2 Å². The third-order valence-electron chi connectivity index (χ3n) is 5.58. The minimum atomic E-state index is 0.0839. The number of likely N-dealkylation sites (tertiary alicyclic amines) is 2. The molecule has 0 bridgehead atoms. The number of amides is 1. The molecule has 0 radical (unpaired) electrons. The van der Waals surface area contributed by atoms with Gasteiger partial charge in [0.25, 0.3) is 5.91 Å². The molecule has 136 valence electrons. The van der Waals surface area contributed by atoms with Gasteiger partial charge in [-0.25, -0.2) is 0 Å². The summed E-state index contributed by atoms with van der Waals surface area (Å²) in [6.07, 6.45) is 9.23. The number of pyridine rings is 2. The van der Waals surface area contributed by atoms with Crippen molar-refractivity contribution in [2.45, 2.75) is 31.0 Å². The predicted octanol–water partition coefficient (Wildman–Crippen LogP) is 2.15. The molecule has 2 aliphatic heterocycles. The molecular weight excluding hydrogens is 328 g/mol. The molecule has 1 amide bonds. The molecule has 6 nitrogen and oxygen atoms in total. The van der Waals surface area contributed by atoms with Crippen LogP contribution in [0.15, 0.2) is 49.1 Å². The van der Waals surface area contributed by atoms with Crippen LogP contribution in [0.25, 0.3) is 0 Å². The van der Waals surface area contributed by atoms with Crippen molar-refractivity contribution in [3.63, 3.8) is 0 Å². The number of ether oxygens (including phenoxy) is 1. The number of hydrogen-bond donors (Lipinski definition) is 0. The Labute approximate surface area is 153 Å². The molecule has 2 fully saturated rings. The van der Waals surface area contributed by atoms with E-state index < -0.39 is 0 Å². The van der Waals surface area contributed by atoms with Crippen molar-refractivity contribution in [1.82, 2.24) is 19.8 Å². The lowest BCUT2D eigenvalue weighted by molar-refractivity contribution is -0.115. The highest BCUT2D eigenvalue weighted by molar-refractivity contribution is 5.93. The van der Waals surface area contributed by atoms with Crippen molar-refractivity contribution in [3.8, 4) is 0 Å². The van der Waals surface area contributed by atoms with E-state index in [0.29, 0.717) is 11.6 Å². The van der Waals surface area contributed by atoms with E-state index in [1.807, 2.05) is 29.4 Å². The first kappa shape index (κ1) is 17.1. The SMILES string of the molecule is COC1CN(C2CCN(C(=O)c3cccnc3)CC2)C1c1ccncc1. The van der Waals surface area contributed by atoms with Gasteiger partial charge < -0.3 is 9.64 Å². The monoisotopic (exact) mass is 352 g/mol. The summed E-state index contributed by atoms with van der Waals surface area (Å²) in [5.74, 6) is 0.0839. The van der Waals surface area contributed by atoms with Crippen molar-refractivity contribution in [1.29, 1.82) is 0 Å². The van der Waals surface area contributed by atoms with Gasteiger partial charge in [-0.15, -0.1) is 0 Å². The number of methoxy groups -OCH3 is 1. The number of hydrogen-bond acceptors (Lipinski definition) is 5. The van der Waals surface area contributed by atoms with Crippen LogP contribution in [-0.2, 0) is 4.74 Å². The van der Waals surface area contributed by atoms with E-state index in [0.717, 1.165) is 32.5 Å². The van der Waals surface area contributed by atoms with Gasteiger partial charge >= 0.3 is 0 Å². The molecule has 2 unspecified atom stereocenters. The highest BCUT2D eigenvalue weighted by atomic mass is 16.5. The Morgan fingerprint density at radius 3 is 2.54 bits per heavy atom. The van der Waals surface area contributed by atoms with Gasteiger partial charge in [0, 0.05) is 57.6 Å². The Hall–Kier alpha value is -2.31. The Kier molecular flexibility index (Phi) is 4.95. The van der Waals surface area contributed by atoms with Crippen LogP contribution in [0.3, 0.4) is 0 Å². The fourth-order valence-corrected chi connectivity index (χ4v) is 4.12. The van der Waals surface area contributed by atoms with Crippen LogP contribution in [0.1, 0.15) is 34.8 Å². The second-order valence-corrected chi connectivity index (χ2v) is 6.96. The molecule has 0 aliphatic carbocycles. The van der Waals surface area contributed by atoms with Crippen molar-refractivity contribution >= 4 is 5.91 Å². The summed E-state index contributed by atoms with van der Waals surface area (Å²) < 4.78 is 5.66. The van der Waals surface area contributed by atoms with Gasteiger partial charge in [0.1, 0.15) is 0 Å². The molecule has 0 N–H and O–H groups in total. The first-order valence-electron chi connectivity index (χ1n) is 9.15. The van der Waals surface area contributed by atoms with E-state index in [-0.39, 0.29) is 18.1 Å². The first-order valence-corrected chi connectivity index (χ1v) is 9.15.